The largest absolute Gasteiger partial charge is 0.394 e. The number of hydrogen-bond donors (Lipinski definition) is 1. The number of nitrogens with zero attached hydrogens (tertiary/aromatic N) is 4. The van der Waals surface area contributed by atoms with E-state index in [9.17, 15) is 9.18 Å². The maximum atomic E-state index is 14.5. The summed E-state index contributed by atoms with van der Waals surface area (Å²) in [7, 11) is 1.90. The average Bonchev–Trinajstić information content (AvgIpc) is 3.76. The highest BCUT2D eigenvalue weighted by Gasteiger charge is 2.31. The molecule has 1 saturated carbocycles. The zero-order valence-electron chi connectivity index (χ0n) is 22.5. The van der Waals surface area contributed by atoms with Crippen LogP contribution in [0.2, 0.25) is 5.02 Å². The highest BCUT2D eigenvalue weighted by Crippen LogP contribution is 2.38. The third-order valence-corrected chi connectivity index (χ3v) is 8.19. The molecule has 0 bridgehead atoms. The van der Waals surface area contributed by atoms with E-state index < -0.39 is 5.82 Å². The van der Waals surface area contributed by atoms with Gasteiger partial charge in [0.25, 0.3) is 0 Å². The molecular formula is C30H37ClFN5O. The summed E-state index contributed by atoms with van der Waals surface area (Å²) < 4.78 is 16.6. The fourth-order valence-corrected chi connectivity index (χ4v) is 5.79. The van der Waals surface area contributed by atoms with E-state index in [-0.39, 0.29) is 22.5 Å². The molecule has 0 spiro atoms. The molecule has 1 aliphatic carbocycles. The van der Waals surface area contributed by atoms with E-state index in [0.29, 0.717) is 23.5 Å². The van der Waals surface area contributed by atoms with Crippen LogP contribution in [0.25, 0.3) is 10.9 Å². The van der Waals surface area contributed by atoms with E-state index in [1.54, 1.807) is 6.07 Å². The van der Waals surface area contributed by atoms with E-state index in [2.05, 4.69) is 49.8 Å². The highest BCUT2D eigenvalue weighted by molar-refractivity contribution is 6.31. The Morgan fingerprint density at radius 1 is 1.29 bits per heavy atom. The second kappa shape index (κ2) is 11.5. The van der Waals surface area contributed by atoms with Crippen LogP contribution in [0, 0.1) is 12.7 Å². The van der Waals surface area contributed by atoms with Gasteiger partial charge < -0.3 is 14.8 Å². The zero-order valence-corrected chi connectivity index (χ0v) is 23.2. The number of rotatable bonds is 9. The van der Waals surface area contributed by atoms with Gasteiger partial charge in [0, 0.05) is 67.6 Å². The number of hydrogen-bond acceptors (Lipinski definition) is 5. The molecule has 1 aliphatic heterocycles. The Balaban J connectivity index is 1.50. The summed E-state index contributed by atoms with van der Waals surface area (Å²) in [5.41, 5.74) is 3.47. The van der Waals surface area contributed by atoms with Crippen molar-refractivity contribution in [3.8, 4) is 0 Å². The van der Waals surface area contributed by atoms with Gasteiger partial charge in [0.1, 0.15) is 5.82 Å². The minimum Gasteiger partial charge on any atom is -0.394 e. The van der Waals surface area contributed by atoms with Gasteiger partial charge in [0.2, 0.25) is 0 Å². The molecule has 1 aromatic carbocycles. The lowest BCUT2D eigenvalue weighted by Crippen LogP contribution is -2.51. The summed E-state index contributed by atoms with van der Waals surface area (Å²) in [6.45, 7) is 6.62. The maximum Gasteiger partial charge on any atom is 0.193 e. The normalized spacial score (nSPS) is 19.0. The lowest BCUT2D eigenvalue weighted by Gasteiger charge is -2.43. The van der Waals surface area contributed by atoms with Gasteiger partial charge in [-0.15, -0.1) is 0 Å². The van der Waals surface area contributed by atoms with E-state index in [1.165, 1.54) is 6.07 Å². The quantitative estimate of drug-likeness (QED) is 0.373. The molecule has 5 rings (SSSR count). The first-order valence-corrected chi connectivity index (χ1v) is 14.0. The van der Waals surface area contributed by atoms with Crippen molar-refractivity contribution in [2.75, 3.05) is 25.0 Å². The zero-order chi connectivity index (χ0) is 26.8. The van der Waals surface area contributed by atoms with Gasteiger partial charge in [0.15, 0.2) is 5.43 Å². The van der Waals surface area contributed by atoms with Gasteiger partial charge in [-0.1, -0.05) is 17.7 Å². The number of nitrogens with one attached hydrogen (secondary N) is 1. The summed E-state index contributed by atoms with van der Waals surface area (Å²) in [5.74, 6) is -0.548. The smallest absolute Gasteiger partial charge is 0.193 e. The molecule has 3 aromatic rings. The first kappa shape index (κ1) is 26.7. The molecular weight excluding hydrogens is 501 g/mol. The van der Waals surface area contributed by atoms with Crippen molar-refractivity contribution in [2.24, 2.45) is 0 Å². The van der Waals surface area contributed by atoms with Crippen LogP contribution in [0.1, 0.15) is 56.3 Å². The van der Waals surface area contributed by atoms with Crippen molar-refractivity contribution in [1.29, 1.82) is 0 Å². The van der Waals surface area contributed by atoms with Gasteiger partial charge in [-0.2, -0.15) is 0 Å². The number of benzene rings is 1. The minimum absolute atomic E-state index is 0.0542. The SMILES string of the molecule is CN/C=C\CC(C)N(Cc1cn(C2CC2)c2cc(Cl)c(F)cc2c1=O)[C@H]1CCCN(c2ccc(C)nc2)C1. The molecule has 2 aromatic heterocycles. The Hall–Kier alpha value is -2.90. The maximum absolute atomic E-state index is 14.5. The predicted octanol–water partition coefficient (Wildman–Crippen LogP) is 5.82. The van der Waals surface area contributed by atoms with Gasteiger partial charge in [-0.05, 0) is 76.4 Å². The van der Waals surface area contributed by atoms with E-state index in [0.717, 1.165) is 62.1 Å². The molecule has 8 heteroatoms. The van der Waals surface area contributed by atoms with Gasteiger partial charge in [-0.25, -0.2) is 4.39 Å². The molecule has 2 fully saturated rings. The van der Waals surface area contributed by atoms with E-state index in [1.807, 2.05) is 32.6 Å². The van der Waals surface area contributed by atoms with Crippen molar-refractivity contribution >= 4 is 28.2 Å². The topological polar surface area (TPSA) is 53.4 Å². The van der Waals surface area contributed by atoms with Gasteiger partial charge in [-0.3, -0.25) is 14.7 Å². The molecule has 38 heavy (non-hydrogen) atoms. The van der Waals surface area contributed by atoms with Crippen LogP contribution in [0.15, 0.2) is 53.7 Å². The molecule has 6 nitrogen and oxygen atoms in total. The number of anilines is 1. The number of pyridine rings is 2. The Morgan fingerprint density at radius 3 is 2.82 bits per heavy atom. The second-order valence-electron chi connectivity index (χ2n) is 10.8. The molecule has 1 N–H and O–H groups in total. The summed E-state index contributed by atoms with van der Waals surface area (Å²) in [4.78, 5) is 23.1. The van der Waals surface area contributed by atoms with Crippen molar-refractivity contribution in [1.82, 2.24) is 19.8 Å². The lowest BCUT2D eigenvalue weighted by atomic mass is 9.99. The Kier molecular flexibility index (Phi) is 8.05. The minimum atomic E-state index is -0.548. The van der Waals surface area contributed by atoms with Crippen molar-refractivity contribution in [3.63, 3.8) is 0 Å². The Morgan fingerprint density at radius 2 is 2.11 bits per heavy atom. The first-order chi connectivity index (χ1) is 18.4. The molecule has 2 atom stereocenters. The molecule has 0 amide bonds. The fourth-order valence-electron chi connectivity index (χ4n) is 5.64. The number of halogens is 2. The monoisotopic (exact) mass is 537 g/mol. The van der Waals surface area contributed by atoms with Crippen molar-refractivity contribution in [3.05, 3.63) is 81.3 Å². The van der Waals surface area contributed by atoms with Crippen LogP contribution in [-0.2, 0) is 6.54 Å². The molecule has 1 unspecified atom stereocenters. The summed E-state index contributed by atoms with van der Waals surface area (Å²) in [6.07, 6.45) is 13.2. The Bertz CT molecular complexity index is 1370. The summed E-state index contributed by atoms with van der Waals surface area (Å²) in [6, 6.07) is 7.95. The number of aryl methyl sites for hydroxylation is 1. The Labute approximate surface area is 229 Å². The summed E-state index contributed by atoms with van der Waals surface area (Å²) >= 11 is 6.12. The van der Waals surface area contributed by atoms with Crippen LogP contribution in [-0.4, -0.2) is 46.7 Å². The fraction of sp³-hybridized carbons (Fsp3) is 0.467. The van der Waals surface area contributed by atoms with Gasteiger partial charge in [0.05, 0.1) is 22.4 Å². The molecule has 2 aliphatic rings. The second-order valence-corrected chi connectivity index (χ2v) is 11.2. The third-order valence-electron chi connectivity index (χ3n) is 7.90. The van der Waals surface area contributed by atoms with Crippen LogP contribution < -0.4 is 15.6 Å². The number of piperidine rings is 1. The van der Waals surface area contributed by atoms with Crippen LogP contribution in [0.4, 0.5) is 10.1 Å². The number of aromatic nitrogens is 2. The number of fused-ring (bicyclic) bond motifs is 1. The predicted molar refractivity (Wildman–Crippen MR) is 153 cm³/mol. The molecule has 202 valence electrons. The van der Waals surface area contributed by atoms with Crippen molar-refractivity contribution < 1.29 is 4.39 Å². The van der Waals surface area contributed by atoms with Crippen LogP contribution in [0.3, 0.4) is 0 Å². The highest BCUT2D eigenvalue weighted by atomic mass is 35.5. The first-order valence-electron chi connectivity index (χ1n) is 13.6. The van der Waals surface area contributed by atoms with Crippen molar-refractivity contribution in [2.45, 2.75) is 70.6 Å². The molecule has 1 saturated heterocycles. The summed E-state index contributed by atoms with van der Waals surface area (Å²) in [5, 5.41) is 3.54. The molecule has 3 heterocycles. The third kappa shape index (κ3) is 5.74. The van der Waals surface area contributed by atoms with E-state index in [4.69, 9.17) is 11.6 Å². The van der Waals surface area contributed by atoms with E-state index >= 15 is 0 Å². The van der Waals surface area contributed by atoms with Gasteiger partial charge >= 0.3 is 0 Å². The lowest BCUT2D eigenvalue weighted by molar-refractivity contribution is 0.119. The van der Waals surface area contributed by atoms with Crippen LogP contribution in [0.5, 0.6) is 0 Å². The average molecular weight is 538 g/mol. The molecule has 0 radical (unpaired) electrons. The standard InChI is InChI=1S/C30H37ClFN5O/c1-20-8-9-24(16-34-20)35-13-5-7-25(19-35)36(21(2)6-4-12-33-3)17-22-18-37(23-10-11-23)29-15-27(31)28(32)14-26(29)30(22)38/h4,8-9,12,14-16,18,21,23,25,33H,5-7,10-11,13,17,19H2,1-3H3/b12-4-/t21?,25-/m0/s1. The van der Waals surface area contributed by atoms with Crippen LogP contribution >= 0.6 is 11.6 Å².